The number of hydrogen-bond donors (Lipinski definition) is 3. The van der Waals surface area contributed by atoms with E-state index in [0.717, 1.165) is 22.0 Å². The Morgan fingerprint density at radius 2 is 1.73 bits per heavy atom. The molecule has 8 heteroatoms. The third-order valence-corrected chi connectivity index (χ3v) is 7.68. The second kappa shape index (κ2) is 12.1. The van der Waals surface area contributed by atoms with Gasteiger partial charge in [-0.2, -0.15) is 0 Å². The van der Waals surface area contributed by atoms with E-state index in [1.165, 1.54) is 14.2 Å². The molecular formula is C33H33ClN2O5. The van der Waals surface area contributed by atoms with Crippen molar-refractivity contribution in [3.63, 3.8) is 0 Å². The number of nitrogens with zero attached hydrogens (tertiary/aromatic N) is 1. The van der Waals surface area contributed by atoms with Gasteiger partial charge >= 0.3 is 0 Å². The Balaban J connectivity index is 1.58. The van der Waals surface area contributed by atoms with E-state index in [0.29, 0.717) is 40.7 Å². The Bertz CT molecular complexity index is 1600. The first-order valence-corrected chi connectivity index (χ1v) is 13.9. The van der Waals surface area contributed by atoms with Crippen LogP contribution in [0.4, 0.5) is 11.4 Å². The van der Waals surface area contributed by atoms with Crippen molar-refractivity contribution >= 4 is 45.3 Å². The van der Waals surface area contributed by atoms with Gasteiger partial charge in [0.2, 0.25) is 0 Å². The van der Waals surface area contributed by atoms with Gasteiger partial charge in [0.25, 0.3) is 0 Å². The Morgan fingerprint density at radius 1 is 1.00 bits per heavy atom. The van der Waals surface area contributed by atoms with E-state index in [1.54, 1.807) is 29.2 Å². The number of fused-ring (bicyclic) bond motifs is 2. The summed E-state index contributed by atoms with van der Waals surface area (Å²) in [6, 6.07) is 24.3. The number of halogens is 1. The molecule has 41 heavy (non-hydrogen) atoms. The maximum absolute atomic E-state index is 14.1. The molecule has 0 radical (unpaired) electrons. The summed E-state index contributed by atoms with van der Waals surface area (Å²) >= 11 is 6.18. The number of benzene rings is 4. The second-order valence-electron chi connectivity index (χ2n) is 9.93. The lowest BCUT2D eigenvalue weighted by molar-refractivity contribution is -0.116. The maximum atomic E-state index is 14.1. The Kier molecular flexibility index (Phi) is 8.38. The van der Waals surface area contributed by atoms with Gasteiger partial charge in [-0.3, -0.25) is 4.79 Å². The number of aliphatic hydroxyl groups is 2. The zero-order valence-electron chi connectivity index (χ0n) is 23.2. The third kappa shape index (κ3) is 5.43. The molecule has 0 fully saturated rings. The summed E-state index contributed by atoms with van der Waals surface area (Å²) in [6.45, 7) is 2.44. The van der Waals surface area contributed by atoms with Gasteiger partial charge in [0, 0.05) is 29.1 Å². The summed E-state index contributed by atoms with van der Waals surface area (Å²) in [6.07, 6.45) is -0.664. The Hall–Kier alpha value is -4.20. The number of anilines is 2. The average Bonchev–Trinajstić information content (AvgIpc) is 2.98. The highest BCUT2D eigenvalue weighted by Gasteiger charge is 2.38. The van der Waals surface area contributed by atoms with Crippen molar-refractivity contribution in [2.24, 2.45) is 0 Å². The molecule has 212 valence electrons. The molecule has 0 amide bonds. The van der Waals surface area contributed by atoms with Crippen molar-refractivity contribution in [2.75, 3.05) is 31.0 Å². The first-order chi connectivity index (χ1) is 19.9. The topological polar surface area (TPSA) is 91.3 Å². The molecule has 1 aliphatic heterocycles. The van der Waals surface area contributed by atoms with Gasteiger partial charge in [0.1, 0.15) is 5.76 Å². The molecule has 7 nitrogen and oxygen atoms in total. The zero-order chi connectivity index (χ0) is 29.1. The predicted molar refractivity (Wildman–Crippen MR) is 164 cm³/mol. The molecule has 5 rings (SSSR count). The molecular weight excluding hydrogens is 540 g/mol. The number of carbonyl (C=O) groups is 1. The van der Waals surface area contributed by atoms with E-state index >= 15 is 0 Å². The molecule has 0 bridgehead atoms. The lowest BCUT2D eigenvalue weighted by Gasteiger charge is -2.37. The highest BCUT2D eigenvalue weighted by molar-refractivity contribution is 6.30. The number of rotatable bonds is 10. The van der Waals surface area contributed by atoms with Crippen LogP contribution >= 0.6 is 11.6 Å². The van der Waals surface area contributed by atoms with Gasteiger partial charge < -0.3 is 29.9 Å². The highest BCUT2D eigenvalue weighted by atomic mass is 35.5. The molecule has 4 aromatic rings. The standard InChI is InChI=1S/C33H33ClN2O5/c1-4-18-36-26-16-17-28(40-2)32(41-3)29(26)31(38)30(33(36)39)27(37)19-25(21-12-14-22(34)15-13-21)35-24-11-7-9-20-8-5-6-10-23(20)24/h5-17,25,33,35,38-39H,4,18-19H2,1-3H3. The molecule has 3 N–H and O–H groups in total. The van der Waals surface area contributed by atoms with Gasteiger partial charge in [-0.1, -0.05) is 67.1 Å². The molecule has 1 heterocycles. The zero-order valence-corrected chi connectivity index (χ0v) is 24.0. The molecule has 0 aromatic heterocycles. The van der Waals surface area contributed by atoms with Gasteiger partial charge in [0.05, 0.1) is 37.1 Å². The fraction of sp³-hybridized carbons (Fsp3) is 0.242. The molecule has 0 saturated carbocycles. The van der Waals surface area contributed by atoms with Crippen LogP contribution in [-0.4, -0.2) is 43.0 Å². The summed E-state index contributed by atoms with van der Waals surface area (Å²) in [5.41, 5.74) is 2.50. The molecule has 0 aliphatic carbocycles. The van der Waals surface area contributed by atoms with Crippen molar-refractivity contribution in [3.8, 4) is 11.5 Å². The fourth-order valence-electron chi connectivity index (χ4n) is 5.47. The van der Waals surface area contributed by atoms with E-state index in [9.17, 15) is 15.0 Å². The summed E-state index contributed by atoms with van der Waals surface area (Å²) in [7, 11) is 2.99. The van der Waals surface area contributed by atoms with Crippen molar-refractivity contribution in [3.05, 3.63) is 101 Å². The molecule has 1 aliphatic rings. The van der Waals surface area contributed by atoms with E-state index in [4.69, 9.17) is 21.1 Å². The quantitative estimate of drug-likeness (QED) is 0.186. The summed E-state index contributed by atoms with van der Waals surface area (Å²) in [5, 5.41) is 29.2. The minimum Gasteiger partial charge on any atom is -0.506 e. The van der Waals surface area contributed by atoms with Crippen LogP contribution in [0.15, 0.2) is 84.4 Å². The number of nitrogens with one attached hydrogen (secondary N) is 1. The number of ketones is 1. The van der Waals surface area contributed by atoms with Crippen molar-refractivity contribution in [1.82, 2.24) is 0 Å². The van der Waals surface area contributed by atoms with Crippen LogP contribution in [0.5, 0.6) is 11.5 Å². The van der Waals surface area contributed by atoms with Crippen LogP contribution < -0.4 is 19.7 Å². The second-order valence-corrected chi connectivity index (χ2v) is 10.4. The SMILES string of the molecule is CCCN1c2ccc(OC)c(OC)c2C(O)=C(C(=O)CC(Nc2cccc3ccccc23)c2ccc(Cl)cc2)C1O. The van der Waals surface area contributed by atoms with E-state index in [2.05, 4.69) is 5.32 Å². The lowest BCUT2D eigenvalue weighted by Crippen LogP contribution is -2.43. The van der Waals surface area contributed by atoms with Gasteiger partial charge in [-0.05, 0) is 47.7 Å². The van der Waals surface area contributed by atoms with Gasteiger partial charge in [0.15, 0.2) is 23.5 Å². The predicted octanol–water partition coefficient (Wildman–Crippen LogP) is 7.14. The summed E-state index contributed by atoms with van der Waals surface area (Å²) in [5.74, 6) is -0.0158. The number of carbonyl (C=O) groups excluding carboxylic acids is 1. The van der Waals surface area contributed by atoms with Crippen LogP contribution in [0, 0.1) is 0 Å². The first-order valence-electron chi connectivity index (χ1n) is 13.5. The maximum Gasteiger partial charge on any atom is 0.173 e. The monoisotopic (exact) mass is 572 g/mol. The molecule has 4 aromatic carbocycles. The molecule has 0 spiro atoms. The van der Waals surface area contributed by atoms with Crippen LogP contribution in [0.2, 0.25) is 5.02 Å². The lowest BCUT2D eigenvalue weighted by atomic mass is 9.90. The van der Waals surface area contributed by atoms with Crippen molar-refractivity contribution in [1.29, 1.82) is 0 Å². The fourth-order valence-corrected chi connectivity index (χ4v) is 5.60. The van der Waals surface area contributed by atoms with Gasteiger partial charge in [-0.15, -0.1) is 0 Å². The molecule has 2 atom stereocenters. The van der Waals surface area contributed by atoms with E-state index in [1.807, 2.05) is 61.5 Å². The molecule has 2 unspecified atom stereocenters. The Morgan fingerprint density at radius 3 is 2.44 bits per heavy atom. The van der Waals surface area contributed by atoms with E-state index in [-0.39, 0.29) is 17.8 Å². The smallest absolute Gasteiger partial charge is 0.173 e. The van der Waals surface area contributed by atoms with E-state index < -0.39 is 18.1 Å². The van der Waals surface area contributed by atoms with Crippen molar-refractivity contribution in [2.45, 2.75) is 32.0 Å². The largest absolute Gasteiger partial charge is 0.506 e. The minimum atomic E-state index is -1.34. The van der Waals surface area contributed by atoms with Crippen LogP contribution in [-0.2, 0) is 4.79 Å². The van der Waals surface area contributed by atoms with Crippen molar-refractivity contribution < 1.29 is 24.5 Å². The first kappa shape index (κ1) is 28.3. The number of methoxy groups -OCH3 is 2. The number of hydrogen-bond acceptors (Lipinski definition) is 7. The number of ether oxygens (including phenoxy) is 2. The average molecular weight is 573 g/mol. The Labute approximate surface area is 244 Å². The number of aliphatic hydroxyl groups excluding tert-OH is 2. The van der Waals surface area contributed by atoms with Gasteiger partial charge in [-0.25, -0.2) is 0 Å². The van der Waals surface area contributed by atoms with Crippen LogP contribution in [0.3, 0.4) is 0 Å². The van der Waals surface area contributed by atoms with Crippen LogP contribution in [0.1, 0.15) is 36.9 Å². The summed E-state index contributed by atoms with van der Waals surface area (Å²) < 4.78 is 11.1. The number of Topliss-reactive ketones (excluding diaryl/α,β-unsaturated/α-hetero) is 1. The highest BCUT2D eigenvalue weighted by Crippen LogP contribution is 2.46. The summed E-state index contributed by atoms with van der Waals surface area (Å²) in [4.78, 5) is 15.8. The normalized spacial score (nSPS) is 15.4. The van der Waals surface area contributed by atoms with Crippen LogP contribution in [0.25, 0.3) is 16.5 Å². The molecule has 0 saturated heterocycles. The minimum absolute atomic E-state index is 0.0388. The third-order valence-electron chi connectivity index (χ3n) is 7.42.